The molecule has 0 atom stereocenters. The van der Waals surface area contributed by atoms with E-state index in [0.717, 1.165) is 5.56 Å². The lowest BCUT2D eigenvalue weighted by molar-refractivity contribution is 0.281. The quantitative estimate of drug-likeness (QED) is 0.584. The molecule has 1 aromatic heterocycles. The van der Waals surface area contributed by atoms with Crippen LogP contribution in [0.25, 0.3) is 4.85 Å². The third-order valence-corrected chi connectivity index (χ3v) is 1.11. The molecule has 0 saturated heterocycles. The molecule has 3 heteroatoms. The van der Waals surface area contributed by atoms with Gasteiger partial charge < -0.3 is 9.95 Å². The van der Waals surface area contributed by atoms with E-state index in [9.17, 15) is 0 Å². The molecule has 3 nitrogen and oxygen atoms in total. The fraction of sp³-hybridized carbons (Fsp3) is 0.143. The Morgan fingerprint density at radius 1 is 1.60 bits per heavy atom. The van der Waals surface area contributed by atoms with Gasteiger partial charge in [0, 0.05) is 5.56 Å². The van der Waals surface area contributed by atoms with E-state index < -0.39 is 0 Å². The van der Waals surface area contributed by atoms with Crippen LogP contribution in [0, 0.1) is 6.57 Å². The fourth-order valence-electron chi connectivity index (χ4n) is 0.576. The monoisotopic (exact) mass is 134 g/mol. The summed E-state index contributed by atoms with van der Waals surface area (Å²) in [7, 11) is 0. The molecule has 1 rings (SSSR count). The zero-order valence-corrected chi connectivity index (χ0v) is 5.28. The van der Waals surface area contributed by atoms with Crippen molar-refractivity contribution in [2.24, 2.45) is 0 Å². The van der Waals surface area contributed by atoms with Gasteiger partial charge in [-0.3, -0.25) is 0 Å². The van der Waals surface area contributed by atoms with Gasteiger partial charge in [-0.25, -0.2) is 0 Å². The molecular formula is C7H6N2O. The van der Waals surface area contributed by atoms with Crippen LogP contribution >= 0.6 is 0 Å². The van der Waals surface area contributed by atoms with Gasteiger partial charge in [-0.2, -0.15) is 0 Å². The van der Waals surface area contributed by atoms with E-state index >= 15 is 0 Å². The van der Waals surface area contributed by atoms with Crippen LogP contribution in [0.15, 0.2) is 18.3 Å². The summed E-state index contributed by atoms with van der Waals surface area (Å²) in [6.07, 6.45) is 1.49. The number of aromatic nitrogens is 1. The van der Waals surface area contributed by atoms with Crippen molar-refractivity contribution in [3.05, 3.63) is 35.3 Å². The van der Waals surface area contributed by atoms with E-state index in [1.807, 2.05) is 0 Å². The lowest BCUT2D eigenvalue weighted by atomic mass is 10.3. The van der Waals surface area contributed by atoms with Gasteiger partial charge in [-0.05, 0) is 6.07 Å². The van der Waals surface area contributed by atoms with Gasteiger partial charge in [-0.1, -0.05) is 12.6 Å². The summed E-state index contributed by atoms with van der Waals surface area (Å²) in [6.45, 7) is 6.55. The van der Waals surface area contributed by atoms with Crippen molar-refractivity contribution >= 4 is 5.82 Å². The molecule has 0 bridgehead atoms. The van der Waals surface area contributed by atoms with Crippen LogP contribution in [0.2, 0.25) is 0 Å². The highest BCUT2D eigenvalue weighted by molar-refractivity contribution is 5.35. The SMILES string of the molecule is [C-]#[N+]c1ccc(CO)cn1. The lowest BCUT2D eigenvalue weighted by Gasteiger charge is -1.89. The molecule has 50 valence electrons. The second-order valence-electron chi connectivity index (χ2n) is 1.79. The molecule has 0 fully saturated rings. The Morgan fingerprint density at radius 3 is 2.80 bits per heavy atom. The van der Waals surface area contributed by atoms with Gasteiger partial charge in [0.15, 0.2) is 0 Å². The maximum absolute atomic E-state index is 8.58. The first-order chi connectivity index (χ1) is 4.86. The predicted octanol–water partition coefficient (Wildman–Crippen LogP) is 1.12. The first-order valence-corrected chi connectivity index (χ1v) is 2.80. The molecule has 10 heavy (non-hydrogen) atoms. The normalized spacial score (nSPS) is 8.80. The molecular weight excluding hydrogens is 128 g/mol. The van der Waals surface area contributed by atoms with Gasteiger partial charge in [0.2, 0.25) is 0 Å². The highest BCUT2D eigenvalue weighted by Gasteiger charge is 1.92. The fourth-order valence-corrected chi connectivity index (χ4v) is 0.576. The minimum absolute atomic E-state index is 0.0225. The molecule has 0 amide bonds. The zero-order valence-electron chi connectivity index (χ0n) is 5.28. The summed E-state index contributed by atoms with van der Waals surface area (Å²) >= 11 is 0. The average molecular weight is 134 g/mol. The molecule has 0 aliphatic rings. The Labute approximate surface area is 58.8 Å². The Hall–Kier alpha value is -1.40. The molecule has 0 aliphatic heterocycles. The largest absolute Gasteiger partial charge is 0.392 e. The van der Waals surface area contributed by atoms with Gasteiger partial charge >= 0.3 is 0 Å². The van der Waals surface area contributed by atoms with Crippen LogP contribution in [-0.4, -0.2) is 10.1 Å². The highest BCUT2D eigenvalue weighted by atomic mass is 16.3. The summed E-state index contributed by atoms with van der Waals surface area (Å²) in [5, 5.41) is 8.58. The maximum Gasteiger partial charge on any atom is 0.269 e. The van der Waals surface area contributed by atoms with E-state index in [0.29, 0.717) is 5.82 Å². The number of pyridine rings is 1. The predicted molar refractivity (Wildman–Crippen MR) is 36.4 cm³/mol. The number of rotatable bonds is 1. The smallest absolute Gasteiger partial charge is 0.269 e. The van der Waals surface area contributed by atoms with Crippen molar-refractivity contribution in [3.63, 3.8) is 0 Å². The topological polar surface area (TPSA) is 37.5 Å². The minimum Gasteiger partial charge on any atom is -0.392 e. The van der Waals surface area contributed by atoms with Crippen LogP contribution in [-0.2, 0) is 6.61 Å². The summed E-state index contributed by atoms with van der Waals surface area (Å²) < 4.78 is 0. The maximum atomic E-state index is 8.58. The molecule has 0 radical (unpaired) electrons. The van der Waals surface area contributed by atoms with Crippen molar-refractivity contribution in [2.75, 3.05) is 0 Å². The summed E-state index contributed by atoms with van der Waals surface area (Å²) in [5.41, 5.74) is 0.729. The molecule has 0 aromatic carbocycles. The van der Waals surface area contributed by atoms with Crippen molar-refractivity contribution in [2.45, 2.75) is 6.61 Å². The van der Waals surface area contributed by atoms with Gasteiger partial charge in [-0.15, -0.1) is 4.98 Å². The molecule has 0 saturated carbocycles. The first-order valence-electron chi connectivity index (χ1n) is 2.80. The third kappa shape index (κ3) is 1.30. The molecule has 0 spiro atoms. The molecule has 1 aromatic rings. The minimum atomic E-state index is -0.0225. The van der Waals surface area contributed by atoms with Gasteiger partial charge in [0.25, 0.3) is 5.82 Å². The van der Waals surface area contributed by atoms with Crippen molar-refractivity contribution in [3.8, 4) is 0 Å². The second kappa shape index (κ2) is 2.95. The van der Waals surface area contributed by atoms with Crippen molar-refractivity contribution in [1.29, 1.82) is 0 Å². The highest BCUT2D eigenvalue weighted by Crippen LogP contribution is 2.06. The Balaban J connectivity index is 2.93. The first kappa shape index (κ1) is 6.72. The Kier molecular flexibility index (Phi) is 1.98. The number of aliphatic hydroxyl groups excluding tert-OH is 1. The van der Waals surface area contributed by atoms with E-state index in [1.165, 1.54) is 6.20 Å². The Morgan fingerprint density at radius 2 is 2.40 bits per heavy atom. The molecule has 0 unspecified atom stereocenters. The van der Waals surface area contributed by atoms with E-state index in [1.54, 1.807) is 12.1 Å². The van der Waals surface area contributed by atoms with Crippen molar-refractivity contribution in [1.82, 2.24) is 4.98 Å². The van der Waals surface area contributed by atoms with Crippen LogP contribution in [0.5, 0.6) is 0 Å². The van der Waals surface area contributed by atoms with Crippen LogP contribution in [0.4, 0.5) is 5.82 Å². The molecule has 0 aliphatic carbocycles. The van der Waals surface area contributed by atoms with Gasteiger partial charge in [0.05, 0.1) is 6.61 Å². The number of hydrogen-bond acceptors (Lipinski definition) is 2. The van der Waals surface area contributed by atoms with Crippen LogP contribution < -0.4 is 0 Å². The lowest BCUT2D eigenvalue weighted by Crippen LogP contribution is -1.82. The van der Waals surface area contributed by atoms with Crippen LogP contribution in [0.3, 0.4) is 0 Å². The Bertz CT molecular complexity index is 247. The number of hydrogen-bond donors (Lipinski definition) is 1. The zero-order chi connectivity index (χ0) is 7.40. The van der Waals surface area contributed by atoms with E-state index in [2.05, 4.69) is 9.83 Å². The average Bonchev–Trinajstić information content (AvgIpc) is 2.05. The van der Waals surface area contributed by atoms with Gasteiger partial charge in [0.1, 0.15) is 6.20 Å². The summed E-state index contributed by atoms with van der Waals surface area (Å²) in [5.74, 6) is 0.359. The molecule has 1 heterocycles. The number of aliphatic hydroxyl groups is 1. The van der Waals surface area contributed by atoms with E-state index in [4.69, 9.17) is 11.7 Å². The van der Waals surface area contributed by atoms with E-state index in [-0.39, 0.29) is 6.61 Å². The second-order valence-corrected chi connectivity index (χ2v) is 1.79. The third-order valence-electron chi connectivity index (χ3n) is 1.11. The standard InChI is InChI=1S/C7H6N2O/c1-8-7-3-2-6(5-10)4-9-7/h2-4,10H,5H2. The summed E-state index contributed by atoms with van der Waals surface area (Å²) in [4.78, 5) is 6.86. The summed E-state index contributed by atoms with van der Waals surface area (Å²) in [6, 6.07) is 3.26. The van der Waals surface area contributed by atoms with Crippen molar-refractivity contribution < 1.29 is 5.11 Å². The molecule has 1 N–H and O–H groups in total. The number of nitrogens with zero attached hydrogens (tertiary/aromatic N) is 2. The van der Waals surface area contributed by atoms with Crippen LogP contribution in [0.1, 0.15) is 5.56 Å².